The average Bonchev–Trinajstić information content (AvgIpc) is 2.58. The zero-order valence-electron chi connectivity index (χ0n) is 10.4. The van der Waals surface area contributed by atoms with Crippen LogP contribution in [0.1, 0.15) is 31.2 Å². The predicted molar refractivity (Wildman–Crippen MR) is 63.9 cm³/mol. The standard InChI is InChI=1S/C12H21N3O/c1-4-15-10(3)12(9(2)14-15)16-11-5-7-13-8-6-11/h11,13H,4-8H2,1-3H3. The van der Waals surface area contributed by atoms with Crippen LogP contribution in [0.25, 0.3) is 0 Å². The SMILES string of the molecule is CCn1nc(C)c(OC2CCNCC2)c1C. The number of rotatable bonds is 3. The molecule has 0 bridgehead atoms. The lowest BCUT2D eigenvalue weighted by Gasteiger charge is -2.23. The van der Waals surface area contributed by atoms with Crippen LogP contribution in [-0.2, 0) is 6.54 Å². The quantitative estimate of drug-likeness (QED) is 0.847. The minimum absolute atomic E-state index is 0.355. The van der Waals surface area contributed by atoms with Gasteiger partial charge in [0.25, 0.3) is 0 Å². The van der Waals surface area contributed by atoms with Gasteiger partial charge in [0, 0.05) is 6.54 Å². The van der Waals surface area contributed by atoms with E-state index in [1.54, 1.807) is 0 Å². The molecule has 1 N–H and O–H groups in total. The zero-order valence-corrected chi connectivity index (χ0v) is 10.4. The van der Waals surface area contributed by atoms with Crippen LogP contribution in [0.15, 0.2) is 0 Å². The summed E-state index contributed by atoms with van der Waals surface area (Å²) in [6, 6.07) is 0. The minimum atomic E-state index is 0.355. The van der Waals surface area contributed by atoms with Crippen LogP contribution < -0.4 is 10.1 Å². The summed E-state index contributed by atoms with van der Waals surface area (Å²) in [5.74, 6) is 0.994. The first-order valence-electron chi connectivity index (χ1n) is 6.13. The van der Waals surface area contributed by atoms with Gasteiger partial charge in [0.05, 0.1) is 5.69 Å². The van der Waals surface area contributed by atoms with Gasteiger partial charge in [0.1, 0.15) is 11.8 Å². The number of hydrogen-bond donors (Lipinski definition) is 1. The van der Waals surface area contributed by atoms with Gasteiger partial charge < -0.3 is 10.1 Å². The molecule has 0 aliphatic carbocycles. The highest BCUT2D eigenvalue weighted by atomic mass is 16.5. The largest absolute Gasteiger partial charge is 0.486 e. The van der Waals surface area contributed by atoms with Gasteiger partial charge in [0.2, 0.25) is 0 Å². The predicted octanol–water partition coefficient (Wildman–Crippen LogP) is 1.65. The van der Waals surface area contributed by atoms with Crippen molar-refractivity contribution >= 4 is 0 Å². The lowest BCUT2D eigenvalue weighted by atomic mass is 10.1. The number of aromatic nitrogens is 2. The Morgan fingerprint density at radius 3 is 2.62 bits per heavy atom. The van der Waals surface area contributed by atoms with Gasteiger partial charge in [-0.2, -0.15) is 5.10 Å². The van der Waals surface area contributed by atoms with Gasteiger partial charge in [0.15, 0.2) is 5.75 Å². The van der Waals surface area contributed by atoms with Crippen molar-refractivity contribution in [1.82, 2.24) is 15.1 Å². The smallest absolute Gasteiger partial charge is 0.163 e. The van der Waals surface area contributed by atoms with Crippen molar-refractivity contribution < 1.29 is 4.74 Å². The summed E-state index contributed by atoms with van der Waals surface area (Å²) in [6.07, 6.45) is 2.54. The van der Waals surface area contributed by atoms with Crippen molar-refractivity contribution in [2.24, 2.45) is 0 Å². The maximum Gasteiger partial charge on any atom is 0.163 e. The molecule has 1 aliphatic rings. The van der Waals surface area contributed by atoms with Crippen molar-refractivity contribution in [3.8, 4) is 5.75 Å². The molecular formula is C12H21N3O. The first-order valence-corrected chi connectivity index (χ1v) is 6.13. The van der Waals surface area contributed by atoms with Crippen molar-refractivity contribution in [1.29, 1.82) is 0 Å². The molecule has 90 valence electrons. The minimum Gasteiger partial charge on any atom is -0.486 e. The Morgan fingerprint density at radius 2 is 2.06 bits per heavy atom. The molecule has 0 spiro atoms. The van der Waals surface area contributed by atoms with Crippen LogP contribution >= 0.6 is 0 Å². The number of ether oxygens (including phenoxy) is 1. The summed E-state index contributed by atoms with van der Waals surface area (Å²) < 4.78 is 8.08. The molecule has 4 heteroatoms. The van der Waals surface area contributed by atoms with E-state index in [1.165, 1.54) is 0 Å². The second kappa shape index (κ2) is 4.87. The summed E-state index contributed by atoms with van der Waals surface area (Å²) in [4.78, 5) is 0. The number of hydrogen-bond acceptors (Lipinski definition) is 3. The van der Waals surface area contributed by atoms with Crippen LogP contribution in [0, 0.1) is 13.8 Å². The molecule has 2 heterocycles. The van der Waals surface area contributed by atoms with Crippen LogP contribution in [0.3, 0.4) is 0 Å². The molecule has 0 atom stereocenters. The molecule has 1 fully saturated rings. The normalized spacial score (nSPS) is 17.7. The molecule has 4 nitrogen and oxygen atoms in total. The van der Waals surface area contributed by atoms with Gasteiger partial charge in [-0.15, -0.1) is 0 Å². The van der Waals surface area contributed by atoms with Crippen molar-refractivity contribution in [3.63, 3.8) is 0 Å². The third-order valence-corrected chi connectivity index (χ3v) is 3.19. The number of aryl methyl sites for hydroxylation is 2. The van der Waals surface area contributed by atoms with E-state index in [9.17, 15) is 0 Å². The van der Waals surface area contributed by atoms with Gasteiger partial charge in [-0.3, -0.25) is 4.68 Å². The molecule has 1 saturated heterocycles. The molecular weight excluding hydrogens is 202 g/mol. The molecule has 0 radical (unpaired) electrons. The maximum absolute atomic E-state index is 6.08. The Morgan fingerprint density at radius 1 is 1.38 bits per heavy atom. The highest BCUT2D eigenvalue weighted by molar-refractivity contribution is 5.32. The Labute approximate surface area is 97.0 Å². The lowest BCUT2D eigenvalue weighted by Crippen LogP contribution is -2.34. The summed E-state index contributed by atoms with van der Waals surface area (Å²) >= 11 is 0. The van der Waals surface area contributed by atoms with Crippen molar-refractivity contribution in [2.75, 3.05) is 13.1 Å². The molecule has 1 aromatic rings. The second-order valence-corrected chi connectivity index (χ2v) is 4.38. The van der Waals surface area contributed by atoms with E-state index in [0.717, 1.165) is 49.6 Å². The number of nitrogens with zero attached hydrogens (tertiary/aromatic N) is 2. The number of piperidine rings is 1. The third kappa shape index (κ3) is 2.21. The fourth-order valence-electron chi connectivity index (χ4n) is 2.24. The Hall–Kier alpha value is -1.03. The molecule has 16 heavy (non-hydrogen) atoms. The van der Waals surface area contributed by atoms with Crippen molar-refractivity contribution in [2.45, 2.75) is 46.3 Å². The Kier molecular flexibility index (Phi) is 3.49. The lowest BCUT2D eigenvalue weighted by molar-refractivity contribution is 0.160. The van der Waals surface area contributed by atoms with E-state index in [4.69, 9.17) is 4.74 Å². The van der Waals surface area contributed by atoms with Crippen LogP contribution in [-0.4, -0.2) is 29.0 Å². The average molecular weight is 223 g/mol. The molecule has 0 unspecified atom stereocenters. The monoisotopic (exact) mass is 223 g/mol. The highest BCUT2D eigenvalue weighted by Crippen LogP contribution is 2.25. The number of nitrogens with one attached hydrogen (secondary N) is 1. The Bertz CT molecular complexity index is 353. The molecule has 0 saturated carbocycles. The van der Waals surface area contributed by atoms with Crippen LogP contribution in [0.5, 0.6) is 5.75 Å². The van der Waals surface area contributed by atoms with Gasteiger partial charge in [-0.05, 0) is 46.7 Å². The summed E-state index contributed by atoms with van der Waals surface area (Å²) in [5, 5.41) is 7.82. The van der Waals surface area contributed by atoms with Gasteiger partial charge in [-0.25, -0.2) is 0 Å². The summed E-state index contributed by atoms with van der Waals surface area (Å²) in [6.45, 7) is 9.24. The summed E-state index contributed by atoms with van der Waals surface area (Å²) in [7, 11) is 0. The molecule has 2 rings (SSSR count). The zero-order chi connectivity index (χ0) is 11.5. The molecule has 1 aliphatic heterocycles. The maximum atomic E-state index is 6.08. The summed E-state index contributed by atoms with van der Waals surface area (Å²) in [5.41, 5.74) is 2.16. The van der Waals surface area contributed by atoms with E-state index in [1.807, 2.05) is 11.6 Å². The Balaban J connectivity index is 2.10. The fraction of sp³-hybridized carbons (Fsp3) is 0.750. The fourth-order valence-corrected chi connectivity index (χ4v) is 2.24. The van der Waals surface area contributed by atoms with E-state index < -0.39 is 0 Å². The third-order valence-electron chi connectivity index (χ3n) is 3.19. The first kappa shape index (κ1) is 11.5. The van der Waals surface area contributed by atoms with Crippen molar-refractivity contribution in [3.05, 3.63) is 11.4 Å². The van der Waals surface area contributed by atoms with Crippen LogP contribution in [0.2, 0.25) is 0 Å². The van der Waals surface area contributed by atoms with Gasteiger partial charge >= 0.3 is 0 Å². The van der Waals surface area contributed by atoms with E-state index in [0.29, 0.717) is 6.10 Å². The van der Waals surface area contributed by atoms with E-state index in [-0.39, 0.29) is 0 Å². The van der Waals surface area contributed by atoms with E-state index >= 15 is 0 Å². The van der Waals surface area contributed by atoms with Gasteiger partial charge in [-0.1, -0.05) is 0 Å². The molecule has 1 aromatic heterocycles. The van der Waals surface area contributed by atoms with E-state index in [2.05, 4.69) is 24.3 Å². The highest BCUT2D eigenvalue weighted by Gasteiger charge is 2.19. The molecule has 0 aromatic carbocycles. The topological polar surface area (TPSA) is 39.1 Å². The second-order valence-electron chi connectivity index (χ2n) is 4.38. The van der Waals surface area contributed by atoms with Crippen LogP contribution in [0.4, 0.5) is 0 Å². The molecule has 0 amide bonds. The first-order chi connectivity index (χ1) is 7.72.